The molecule has 100 valence electrons. The quantitative estimate of drug-likeness (QED) is 0.913. The van der Waals surface area contributed by atoms with E-state index in [1.165, 1.54) is 19.1 Å². The maximum Gasteiger partial charge on any atom is 0.165 e. The third-order valence-corrected chi connectivity index (χ3v) is 2.54. The molecule has 1 atom stereocenters. The van der Waals surface area contributed by atoms with E-state index < -0.39 is 23.6 Å². The van der Waals surface area contributed by atoms with Crippen molar-refractivity contribution in [3.05, 3.63) is 59.4 Å². The van der Waals surface area contributed by atoms with E-state index in [0.717, 1.165) is 24.3 Å². The third kappa shape index (κ3) is 2.88. The van der Waals surface area contributed by atoms with Crippen LogP contribution in [-0.4, -0.2) is 5.11 Å². The highest BCUT2D eigenvalue weighted by molar-refractivity contribution is 5.40. The number of hydrogen-bond acceptors (Lipinski definition) is 2. The molecule has 2 aromatic carbocycles. The van der Waals surface area contributed by atoms with Gasteiger partial charge in [-0.15, -0.1) is 0 Å². The zero-order chi connectivity index (χ0) is 14.0. The summed E-state index contributed by atoms with van der Waals surface area (Å²) in [4.78, 5) is 0. The Kier molecular flexibility index (Phi) is 3.76. The average Bonchev–Trinajstić information content (AvgIpc) is 2.33. The molecule has 0 saturated carbocycles. The second kappa shape index (κ2) is 5.32. The Morgan fingerprint density at radius 2 is 1.74 bits per heavy atom. The van der Waals surface area contributed by atoms with Crippen LogP contribution in [0.1, 0.15) is 18.6 Å². The summed E-state index contributed by atoms with van der Waals surface area (Å²) in [5, 5.41) is 9.50. The predicted octanol–water partition coefficient (Wildman–Crippen LogP) is 3.95. The van der Waals surface area contributed by atoms with Crippen molar-refractivity contribution in [2.75, 3.05) is 0 Å². The first-order chi connectivity index (χ1) is 8.99. The monoisotopic (exact) mass is 268 g/mol. The SMILES string of the molecule is C[C@@H](O)c1c(F)cccc1Oc1cc(F)ccc1F. The largest absolute Gasteiger partial charge is 0.454 e. The van der Waals surface area contributed by atoms with Crippen molar-refractivity contribution in [3.8, 4) is 11.5 Å². The van der Waals surface area contributed by atoms with Crippen LogP contribution in [0.15, 0.2) is 36.4 Å². The van der Waals surface area contributed by atoms with Crippen LogP contribution in [0.3, 0.4) is 0 Å². The topological polar surface area (TPSA) is 29.5 Å². The Balaban J connectivity index is 2.44. The molecule has 2 aromatic rings. The first-order valence-corrected chi connectivity index (χ1v) is 5.58. The van der Waals surface area contributed by atoms with E-state index in [1.807, 2.05) is 0 Å². The second-order valence-corrected chi connectivity index (χ2v) is 4.00. The van der Waals surface area contributed by atoms with E-state index in [1.54, 1.807) is 0 Å². The lowest BCUT2D eigenvalue weighted by molar-refractivity contribution is 0.190. The second-order valence-electron chi connectivity index (χ2n) is 4.00. The maximum absolute atomic E-state index is 13.6. The van der Waals surface area contributed by atoms with Crippen molar-refractivity contribution in [3.63, 3.8) is 0 Å². The van der Waals surface area contributed by atoms with Crippen molar-refractivity contribution in [1.82, 2.24) is 0 Å². The molecule has 2 nitrogen and oxygen atoms in total. The van der Waals surface area contributed by atoms with Crippen LogP contribution in [0.25, 0.3) is 0 Å². The van der Waals surface area contributed by atoms with Gasteiger partial charge in [0, 0.05) is 6.07 Å². The molecule has 19 heavy (non-hydrogen) atoms. The fourth-order valence-electron chi connectivity index (χ4n) is 1.69. The Morgan fingerprint density at radius 1 is 1.00 bits per heavy atom. The van der Waals surface area contributed by atoms with Crippen molar-refractivity contribution in [2.45, 2.75) is 13.0 Å². The summed E-state index contributed by atoms with van der Waals surface area (Å²) in [6.45, 7) is 1.35. The van der Waals surface area contributed by atoms with Crippen molar-refractivity contribution < 1.29 is 23.0 Å². The van der Waals surface area contributed by atoms with Gasteiger partial charge < -0.3 is 9.84 Å². The third-order valence-electron chi connectivity index (χ3n) is 2.54. The van der Waals surface area contributed by atoms with Crippen LogP contribution in [0.5, 0.6) is 11.5 Å². The molecule has 0 aromatic heterocycles. The van der Waals surface area contributed by atoms with Gasteiger partial charge in [-0.2, -0.15) is 0 Å². The van der Waals surface area contributed by atoms with E-state index in [2.05, 4.69) is 0 Å². The fourth-order valence-corrected chi connectivity index (χ4v) is 1.69. The molecule has 0 fully saturated rings. The van der Waals surface area contributed by atoms with E-state index in [-0.39, 0.29) is 17.1 Å². The molecule has 0 unspecified atom stereocenters. The molecule has 0 radical (unpaired) electrons. The van der Waals surface area contributed by atoms with Gasteiger partial charge in [-0.3, -0.25) is 0 Å². The number of benzene rings is 2. The van der Waals surface area contributed by atoms with Crippen LogP contribution in [-0.2, 0) is 0 Å². The van der Waals surface area contributed by atoms with Gasteiger partial charge in [0.1, 0.15) is 17.4 Å². The van der Waals surface area contributed by atoms with Gasteiger partial charge in [-0.1, -0.05) is 6.07 Å². The van der Waals surface area contributed by atoms with Crippen LogP contribution in [0.4, 0.5) is 13.2 Å². The smallest absolute Gasteiger partial charge is 0.165 e. The molecular weight excluding hydrogens is 257 g/mol. The molecular formula is C14H11F3O2. The standard InChI is InChI=1S/C14H11F3O2/c1-8(18)14-11(17)3-2-4-12(14)19-13-7-9(15)5-6-10(13)16/h2-8,18H,1H3/t8-/m1/s1. The van der Waals surface area contributed by atoms with Crippen LogP contribution >= 0.6 is 0 Å². The zero-order valence-electron chi connectivity index (χ0n) is 10.0. The maximum atomic E-state index is 13.6. The molecule has 0 spiro atoms. The fraction of sp³-hybridized carbons (Fsp3) is 0.143. The molecule has 0 heterocycles. The van der Waals surface area contributed by atoms with E-state index >= 15 is 0 Å². The number of aliphatic hydroxyl groups excluding tert-OH is 1. The lowest BCUT2D eigenvalue weighted by Crippen LogP contribution is -2.00. The number of ether oxygens (including phenoxy) is 1. The van der Waals surface area contributed by atoms with Crippen molar-refractivity contribution >= 4 is 0 Å². The molecule has 1 N–H and O–H groups in total. The van der Waals surface area contributed by atoms with Gasteiger partial charge in [0.15, 0.2) is 11.6 Å². The molecule has 0 aliphatic carbocycles. The molecule has 0 amide bonds. The highest BCUT2D eigenvalue weighted by Gasteiger charge is 2.16. The summed E-state index contributed by atoms with van der Waals surface area (Å²) in [6.07, 6.45) is -1.13. The first-order valence-electron chi connectivity index (χ1n) is 5.58. The molecule has 2 rings (SSSR count). The van der Waals surface area contributed by atoms with Gasteiger partial charge in [0.05, 0.1) is 11.7 Å². The van der Waals surface area contributed by atoms with Crippen LogP contribution < -0.4 is 4.74 Å². The first kappa shape index (κ1) is 13.4. The highest BCUT2D eigenvalue weighted by Crippen LogP contribution is 2.32. The normalized spacial score (nSPS) is 12.3. The van der Waals surface area contributed by atoms with E-state index in [4.69, 9.17) is 4.74 Å². The molecule has 0 bridgehead atoms. The lowest BCUT2D eigenvalue weighted by Gasteiger charge is -2.14. The van der Waals surface area contributed by atoms with Gasteiger partial charge in [-0.25, -0.2) is 13.2 Å². The lowest BCUT2D eigenvalue weighted by atomic mass is 10.1. The minimum atomic E-state index is -1.13. The molecule has 0 saturated heterocycles. The zero-order valence-corrected chi connectivity index (χ0v) is 10.0. The Bertz CT molecular complexity index is 597. The van der Waals surface area contributed by atoms with Gasteiger partial charge in [0.25, 0.3) is 0 Å². The summed E-state index contributed by atoms with van der Waals surface area (Å²) < 4.78 is 45.2. The van der Waals surface area contributed by atoms with Crippen LogP contribution in [0.2, 0.25) is 0 Å². The Morgan fingerprint density at radius 3 is 2.42 bits per heavy atom. The molecule has 0 aliphatic rings. The predicted molar refractivity (Wildman–Crippen MR) is 63.5 cm³/mol. The minimum Gasteiger partial charge on any atom is -0.454 e. The Hall–Kier alpha value is -2.01. The van der Waals surface area contributed by atoms with Crippen molar-refractivity contribution in [1.29, 1.82) is 0 Å². The van der Waals surface area contributed by atoms with Gasteiger partial charge in [0.2, 0.25) is 0 Å². The van der Waals surface area contributed by atoms with Crippen molar-refractivity contribution in [2.24, 2.45) is 0 Å². The summed E-state index contributed by atoms with van der Waals surface area (Å²) in [5.74, 6) is -2.55. The number of rotatable bonds is 3. The molecule has 0 aliphatic heterocycles. The highest BCUT2D eigenvalue weighted by atomic mass is 19.1. The van der Waals surface area contributed by atoms with Crippen LogP contribution in [0, 0.1) is 17.5 Å². The number of aliphatic hydroxyl groups is 1. The number of halogens is 3. The Labute approximate surface area is 108 Å². The summed E-state index contributed by atoms with van der Waals surface area (Å²) in [7, 11) is 0. The van der Waals surface area contributed by atoms with E-state index in [9.17, 15) is 18.3 Å². The summed E-state index contributed by atoms with van der Waals surface area (Å²) >= 11 is 0. The summed E-state index contributed by atoms with van der Waals surface area (Å²) in [5.41, 5.74) is -0.105. The number of hydrogen-bond donors (Lipinski definition) is 1. The minimum absolute atomic E-state index is 0.0560. The van der Waals surface area contributed by atoms with Gasteiger partial charge >= 0.3 is 0 Å². The average molecular weight is 268 g/mol. The summed E-state index contributed by atoms with van der Waals surface area (Å²) in [6, 6.07) is 6.58. The van der Waals surface area contributed by atoms with Gasteiger partial charge in [-0.05, 0) is 31.2 Å². The van der Waals surface area contributed by atoms with E-state index in [0.29, 0.717) is 0 Å². The molecule has 5 heteroatoms.